The number of aliphatic carboxylic acids is 1. The van der Waals surface area contributed by atoms with Gasteiger partial charge in [-0.15, -0.1) is 11.8 Å². The molecule has 4 fully saturated rings. The van der Waals surface area contributed by atoms with E-state index in [1.807, 2.05) is 4.90 Å². The number of nitrogen functional groups attached to an aromatic ring is 1. The molecule has 1 aliphatic carbocycles. The Labute approximate surface area is 243 Å². The zero-order valence-corrected chi connectivity index (χ0v) is 23.7. The van der Waals surface area contributed by atoms with E-state index in [0.717, 1.165) is 56.7 Å². The zero-order chi connectivity index (χ0) is 28.7. The minimum Gasteiger partial charge on any atom is -0.477 e. The Balaban J connectivity index is 1.18. The van der Waals surface area contributed by atoms with Gasteiger partial charge < -0.3 is 31.2 Å². The van der Waals surface area contributed by atoms with Gasteiger partial charge >= 0.3 is 5.97 Å². The van der Waals surface area contributed by atoms with Gasteiger partial charge in [-0.3, -0.25) is 19.3 Å². The van der Waals surface area contributed by atoms with Crippen LogP contribution in [0, 0.1) is 0 Å². The Morgan fingerprint density at radius 1 is 1.24 bits per heavy atom. The number of nitrogens with one attached hydrogen (secondary N) is 2. The number of oxime groups is 1. The maximum Gasteiger partial charge on any atom is 0.352 e. The van der Waals surface area contributed by atoms with Crippen LogP contribution in [0.2, 0.25) is 0 Å². The number of anilines is 1. The molecule has 14 nitrogen and oxygen atoms in total. The first-order chi connectivity index (χ1) is 19.8. The van der Waals surface area contributed by atoms with Crippen molar-refractivity contribution in [2.75, 3.05) is 31.1 Å². The van der Waals surface area contributed by atoms with Crippen molar-refractivity contribution >= 4 is 57.8 Å². The molecule has 41 heavy (non-hydrogen) atoms. The number of hydrogen-bond donors (Lipinski definition) is 4. The fourth-order valence-electron chi connectivity index (χ4n) is 5.83. The molecule has 218 valence electrons. The third kappa shape index (κ3) is 5.30. The van der Waals surface area contributed by atoms with Crippen LogP contribution in [0.1, 0.15) is 44.3 Å². The average Bonchev–Trinajstić information content (AvgIpc) is 3.77. The van der Waals surface area contributed by atoms with Crippen molar-refractivity contribution < 1.29 is 29.1 Å². The molecular weight excluding hydrogens is 572 g/mol. The molecule has 4 aliphatic heterocycles. The zero-order valence-electron chi connectivity index (χ0n) is 22.1. The molecule has 1 aromatic heterocycles. The molecule has 3 saturated heterocycles. The third-order valence-corrected chi connectivity index (χ3v) is 9.78. The summed E-state index contributed by atoms with van der Waals surface area (Å²) >= 11 is 2.23. The smallest absolute Gasteiger partial charge is 0.352 e. The monoisotopic (exact) mass is 602 g/mol. The van der Waals surface area contributed by atoms with Crippen LogP contribution in [0.15, 0.2) is 28.1 Å². The van der Waals surface area contributed by atoms with Crippen molar-refractivity contribution in [2.45, 2.75) is 62.1 Å². The second-order valence-corrected chi connectivity index (χ2v) is 12.4. The normalized spacial score (nSPS) is 28.0. The van der Waals surface area contributed by atoms with Gasteiger partial charge in [0.1, 0.15) is 23.2 Å². The Morgan fingerprint density at radius 3 is 2.73 bits per heavy atom. The molecule has 6 rings (SSSR count). The topological polar surface area (TPSA) is 192 Å². The summed E-state index contributed by atoms with van der Waals surface area (Å²) in [6.07, 6.45) is 6.59. The lowest BCUT2D eigenvalue weighted by Gasteiger charge is -2.49. The SMILES string of the molecule is Nc1nc(/C(=N/OC2CCCC2)C(=O)N[C@@H]2C(=O)N3C(C(=O)O)=C(/C=C4\CCN([C@@H]5CCNC5)C4=O)CS[C@H]23)ns1. The van der Waals surface area contributed by atoms with E-state index in [-0.39, 0.29) is 46.2 Å². The van der Waals surface area contributed by atoms with Gasteiger partial charge in [0.2, 0.25) is 17.4 Å². The van der Waals surface area contributed by atoms with Crippen LogP contribution in [0.4, 0.5) is 5.13 Å². The highest BCUT2D eigenvalue weighted by molar-refractivity contribution is 8.00. The molecule has 5 heterocycles. The molecule has 0 spiro atoms. The average molecular weight is 603 g/mol. The Bertz CT molecular complexity index is 1360. The van der Waals surface area contributed by atoms with Gasteiger partial charge in [-0.1, -0.05) is 5.16 Å². The largest absolute Gasteiger partial charge is 0.477 e. The Hall–Kier alpha value is -3.50. The summed E-state index contributed by atoms with van der Waals surface area (Å²) in [6, 6.07) is -0.845. The maximum atomic E-state index is 13.3. The number of nitrogens with two attached hydrogens (primary N) is 1. The van der Waals surface area contributed by atoms with E-state index >= 15 is 0 Å². The summed E-state index contributed by atoms with van der Waals surface area (Å²) in [5, 5.41) is 19.5. The molecule has 0 aromatic carbocycles. The first kappa shape index (κ1) is 27.7. The van der Waals surface area contributed by atoms with Crippen molar-refractivity contribution in [3.63, 3.8) is 0 Å². The van der Waals surface area contributed by atoms with Crippen molar-refractivity contribution in [3.05, 3.63) is 28.7 Å². The fraction of sp³-hybridized carbons (Fsp3) is 0.560. The van der Waals surface area contributed by atoms with Crippen molar-refractivity contribution in [1.82, 2.24) is 29.8 Å². The number of hydrogen-bond acceptors (Lipinski definition) is 12. The molecule has 16 heteroatoms. The Kier molecular flexibility index (Phi) is 7.70. The summed E-state index contributed by atoms with van der Waals surface area (Å²) < 4.78 is 4.07. The fourth-order valence-corrected chi connectivity index (χ4v) is 7.57. The van der Waals surface area contributed by atoms with Gasteiger partial charge in [0.25, 0.3) is 11.8 Å². The highest BCUT2D eigenvalue weighted by Gasteiger charge is 2.54. The number of nitrogens with zero attached hydrogens (tertiary/aromatic N) is 5. The van der Waals surface area contributed by atoms with Crippen molar-refractivity contribution in [2.24, 2.45) is 5.16 Å². The minimum absolute atomic E-state index is 0.00776. The van der Waals surface area contributed by atoms with Crippen molar-refractivity contribution in [1.29, 1.82) is 0 Å². The van der Waals surface area contributed by atoms with Crippen LogP contribution >= 0.6 is 23.3 Å². The second-order valence-electron chi connectivity index (χ2n) is 10.5. The predicted octanol–water partition coefficient (Wildman–Crippen LogP) is 0.0428. The quantitative estimate of drug-likeness (QED) is 0.136. The number of fused-ring (bicyclic) bond motifs is 1. The van der Waals surface area contributed by atoms with Crippen LogP contribution in [-0.4, -0.2) is 103 Å². The van der Waals surface area contributed by atoms with Gasteiger partial charge in [-0.25, -0.2) is 4.79 Å². The number of carboxylic acids is 1. The number of carbonyl (C=O) groups is 4. The number of allylic oxidation sites excluding steroid dienone is 1. The number of aromatic nitrogens is 2. The number of thioether (sulfide) groups is 1. The summed E-state index contributed by atoms with van der Waals surface area (Å²) in [5.74, 6) is -2.39. The third-order valence-electron chi connectivity index (χ3n) is 7.93. The standard InChI is InChI=1S/C25H30N8O6S2/c26-25-29-19(31-41-25)16(30-39-15-3-1-2-4-15)20(34)28-17-22(36)33-18(24(37)38)13(11-40-23(17)33)9-12-6-8-32(21(12)35)14-5-7-27-10-14/h9,14-15,17,23,27H,1-8,10-11H2,(H,28,34)(H,37,38)(H2,26,29,31)/b12-9+,30-16-/t14-,17-,23-/m1/s1. The molecule has 5 N–H and O–H groups in total. The summed E-state index contributed by atoms with van der Waals surface area (Å²) in [5.41, 5.74) is 6.29. The maximum absolute atomic E-state index is 13.3. The number of rotatable bonds is 8. The van der Waals surface area contributed by atoms with E-state index in [2.05, 4.69) is 25.1 Å². The molecule has 0 unspecified atom stereocenters. The molecular formula is C25H30N8O6S2. The van der Waals surface area contributed by atoms with Crippen LogP contribution in [-0.2, 0) is 24.0 Å². The first-order valence-electron chi connectivity index (χ1n) is 13.6. The molecule has 0 bridgehead atoms. The number of likely N-dealkylation sites (tertiary alicyclic amines) is 1. The number of amides is 3. The lowest BCUT2D eigenvalue weighted by atomic mass is 10.0. The molecule has 1 aromatic rings. The van der Waals surface area contributed by atoms with Gasteiger partial charge in [-0.05, 0) is 56.7 Å². The van der Waals surface area contributed by atoms with E-state index < -0.39 is 29.2 Å². The molecule has 5 aliphatic rings. The molecule has 0 radical (unpaired) electrons. The summed E-state index contributed by atoms with van der Waals surface area (Å²) in [6.45, 7) is 2.21. The second kappa shape index (κ2) is 11.4. The van der Waals surface area contributed by atoms with Crippen LogP contribution in [0.3, 0.4) is 0 Å². The highest BCUT2D eigenvalue weighted by Crippen LogP contribution is 2.41. The lowest BCUT2D eigenvalue weighted by molar-refractivity contribution is -0.150. The van der Waals surface area contributed by atoms with E-state index in [1.54, 1.807) is 6.08 Å². The van der Waals surface area contributed by atoms with Crippen molar-refractivity contribution in [3.8, 4) is 0 Å². The first-order valence-corrected chi connectivity index (χ1v) is 15.4. The minimum atomic E-state index is -1.27. The molecule has 1 saturated carbocycles. The summed E-state index contributed by atoms with van der Waals surface area (Å²) in [4.78, 5) is 64.5. The lowest BCUT2D eigenvalue weighted by Crippen LogP contribution is -2.71. The van der Waals surface area contributed by atoms with Crippen LogP contribution < -0.4 is 16.4 Å². The van der Waals surface area contributed by atoms with E-state index in [0.29, 0.717) is 24.1 Å². The van der Waals surface area contributed by atoms with Crippen LogP contribution in [0.25, 0.3) is 0 Å². The number of carbonyl (C=O) groups excluding carboxylic acids is 3. The van der Waals surface area contributed by atoms with E-state index in [4.69, 9.17) is 10.6 Å². The molecule has 3 atom stereocenters. The summed E-state index contributed by atoms with van der Waals surface area (Å²) in [7, 11) is 0. The van der Waals surface area contributed by atoms with Gasteiger partial charge in [-0.2, -0.15) is 9.36 Å². The number of β-lactam (4-membered cyclic amide) rings is 1. The molecule has 3 amide bonds. The van der Waals surface area contributed by atoms with Gasteiger partial charge in [0.15, 0.2) is 5.13 Å². The Morgan fingerprint density at radius 2 is 2.05 bits per heavy atom. The van der Waals surface area contributed by atoms with Gasteiger partial charge in [0, 0.05) is 42.0 Å². The van der Waals surface area contributed by atoms with Gasteiger partial charge in [0.05, 0.1) is 0 Å². The predicted molar refractivity (Wildman–Crippen MR) is 150 cm³/mol. The number of carboxylic acid groups (broad SMARTS) is 1. The van der Waals surface area contributed by atoms with E-state index in [1.165, 1.54) is 16.7 Å². The highest BCUT2D eigenvalue weighted by atomic mass is 32.2. The van der Waals surface area contributed by atoms with E-state index in [9.17, 15) is 24.3 Å². The van der Waals surface area contributed by atoms with Crippen LogP contribution in [0.5, 0.6) is 0 Å².